The number of para-hydroxylation sites is 1. The number of nitrogen functional groups attached to an aromatic ring is 1. The minimum absolute atomic E-state index is 0.164. The van der Waals surface area contributed by atoms with Crippen LogP contribution in [0.15, 0.2) is 48.5 Å². The number of aromatic nitrogens is 1. The Bertz CT molecular complexity index is 900. The summed E-state index contributed by atoms with van der Waals surface area (Å²) in [4.78, 5) is 15.9. The average molecular weight is 387 g/mol. The Morgan fingerprint density at radius 2 is 1.96 bits per heavy atom. The van der Waals surface area contributed by atoms with E-state index in [4.69, 9.17) is 10.5 Å². The number of nitrogens with zero attached hydrogens (tertiary/aromatic N) is 1. The molecule has 0 radical (unpaired) electrons. The molecule has 0 saturated heterocycles. The topological polar surface area (TPSA) is 118 Å². The molecule has 1 amide bonds. The fourth-order valence-electron chi connectivity index (χ4n) is 2.69. The summed E-state index contributed by atoms with van der Waals surface area (Å²) in [7, 11) is 0. The Morgan fingerprint density at radius 3 is 2.74 bits per heavy atom. The lowest BCUT2D eigenvalue weighted by Gasteiger charge is -2.18. The zero-order valence-corrected chi connectivity index (χ0v) is 15.4. The summed E-state index contributed by atoms with van der Waals surface area (Å²) >= 11 is 1.32. The smallest absolute Gasteiger partial charge is 0.407 e. The van der Waals surface area contributed by atoms with Crippen molar-refractivity contribution in [1.29, 1.82) is 0 Å². The Hall–Kier alpha value is -2.68. The molecule has 0 aliphatic rings. The number of aliphatic hydroxyl groups is 2. The zero-order chi connectivity index (χ0) is 19.2. The van der Waals surface area contributed by atoms with Crippen molar-refractivity contribution in [3.63, 3.8) is 0 Å². The van der Waals surface area contributed by atoms with Crippen LogP contribution < -0.4 is 11.1 Å². The fourth-order valence-corrected chi connectivity index (χ4v) is 3.46. The van der Waals surface area contributed by atoms with Gasteiger partial charge in [0.05, 0.1) is 16.3 Å². The van der Waals surface area contributed by atoms with Crippen molar-refractivity contribution in [2.24, 2.45) is 0 Å². The highest BCUT2D eigenvalue weighted by Gasteiger charge is 2.22. The number of nitrogens with two attached hydrogens (primary N) is 1. The number of anilines is 1. The third-order valence-corrected chi connectivity index (χ3v) is 4.92. The van der Waals surface area contributed by atoms with E-state index >= 15 is 0 Å². The largest absolute Gasteiger partial charge is 0.445 e. The molecule has 142 valence electrons. The van der Waals surface area contributed by atoms with Gasteiger partial charge < -0.3 is 26.0 Å². The van der Waals surface area contributed by atoms with Crippen molar-refractivity contribution >= 4 is 32.8 Å². The van der Waals surface area contributed by atoms with Crippen LogP contribution in [0.3, 0.4) is 0 Å². The van der Waals surface area contributed by atoms with Crippen LogP contribution in [-0.2, 0) is 11.3 Å². The highest BCUT2D eigenvalue weighted by atomic mass is 32.1. The summed E-state index contributed by atoms with van der Waals surface area (Å²) in [6.45, 7) is 0.339. The second-order valence-electron chi connectivity index (χ2n) is 6.04. The molecule has 27 heavy (non-hydrogen) atoms. The van der Waals surface area contributed by atoms with Crippen LogP contribution in [0, 0.1) is 0 Å². The van der Waals surface area contributed by atoms with E-state index in [1.54, 1.807) is 12.1 Å². The normalized spacial score (nSPS) is 13.3. The maximum Gasteiger partial charge on any atom is 0.407 e. The number of carbonyl (C=O) groups is 1. The van der Waals surface area contributed by atoms with E-state index in [0.29, 0.717) is 16.2 Å². The minimum Gasteiger partial charge on any atom is -0.445 e. The first kappa shape index (κ1) is 19.1. The van der Waals surface area contributed by atoms with Crippen molar-refractivity contribution in [3.8, 4) is 0 Å². The molecule has 7 nitrogen and oxygen atoms in total. The van der Waals surface area contributed by atoms with Crippen LogP contribution in [-0.4, -0.2) is 33.9 Å². The first-order chi connectivity index (χ1) is 13.0. The van der Waals surface area contributed by atoms with E-state index in [-0.39, 0.29) is 19.6 Å². The third kappa shape index (κ3) is 4.94. The number of ether oxygens (including phenoxy) is 1. The van der Waals surface area contributed by atoms with Gasteiger partial charge in [0.2, 0.25) is 0 Å². The minimum atomic E-state index is -1.13. The van der Waals surface area contributed by atoms with Crippen molar-refractivity contribution in [2.75, 3.05) is 12.3 Å². The maximum atomic E-state index is 11.7. The third-order valence-electron chi connectivity index (χ3n) is 4.07. The zero-order valence-electron chi connectivity index (χ0n) is 14.5. The van der Waals surface area contributed by atoms with Crippen LogP contribution in [0.2, 0.25) is 0 Å². The highest BCUT2D eigenvalue weighted by Crippen LogP contribution is 2.31. The Kier molecular flexibility index (Phi) is 6.23. The summed E-state index contributed by atoms with van der Waals surface area (Å²) < 4.78 is 5.94. The molecular weight excluding hydrogens is 366 g/mol. The Labute approximate surface area is 160 Å². The molecule has 0 saturated carbocycles. The Morgan fingerprint density at radius 1 is 1.19 bits per heavy atom. The number of nitrogens with one attached hydrogen (secondary N) is 1. The second-order valence-corrected chi connectivity index (χ2v) is 7.10. The van der Waals surface area contributed by atoms with Crippen LogP contribution in [0.25, 0.3) is 10.2 Å². The molecule has 3 aromatic rings. The molecule has 2 atom stereocenters. The quantitative estimate of drug-likeness (QED) is 0.495. The Balaban J connectivity index is 1.48. The number of fused-ring (bicyclic) bond motifs is 1. The molecule has 0 fully saturated rings. The van der Waals surface area contributed by atoms with Gasteiger partial charge in [-0.1, -0.05) is 53.8 Å². The first-order valence-electron chi connectivity index (χ1n) is 8.50. The summed E-state index contributed by atoms with van der Waals surface area (Å²) in [5.41, 5.74) is 7.71. The number of hydrogen-bond acceptors (Lipinski definition) is 7. The lowest BCUT2D eigenvalue weighted by Crippen LogP contribution is -2.29. The van der Waals surface area contributed by atoms with Crippen LogP contribution in [0.5, 0.6) is 0 Å². The number of hydrogen-bond donors (Lipinski definition) is 4. The molecule has 1 aromatic heterocycles. The summed E-state index contributed by atoms with van der Waals surface area (Å²) in [6.07, 6.45) is -2.60. The predicted octanol–water partition coefficient (Wildman–Crippen LogP) is 2.59. The van der Waals surface area contributed by atoms with Gasteiger partial charge in [0.15, 0.2) is 5.13 Å². The highest BCUT2D eigenvalue weighted by molar-refractivity contribution is 7.22. The summed E-state index contributed by atoms with van der Waals surface area (Å²) in [5, 5.41) is 23.7. The molecule has 8 heteroatoms. The van der Waals surface area contributed by atoms with Crippen molar-refractivity contribution in [3.05, 3.63) is 59.7 Å². The van der Waals surface area contributed by atoms with E-state index in [9.17, 15) is 15.0 Å². The van der Waals surface area contributed by atoms with E-state index in [1.165, 1.54) is 11.3 Å². The van der Waals surface area contributed by atoms with Crippen molar-refractivity contribution < 1.29 is 19.7 Å². The van der Waals surface area contributed by atoms with E-state index < -0.39 is 18.3 Å². The van der Waals surface area contributed by atoms with Gasteiger partial charge in [-0.15, -0.1) is 0 Å². The summed E-state index contributed by atoms with van der Waals surface area (Å²) in [6, 6.07) is 14.7. The molecule has 0 bridgehead atoms. The molecule has 0 aliphatic carbocycles. The molecular formula is C19H21N3O4S. The summed E-state index contributed by atoms with van der Waals surface area (Å²) in [5.74, 6) is 0. The number of benzene rings is 2. The standard InChI is InChI=1S/C19H21N3O4S/c20-18-22-16-13(7-4-8-15(16)27-18)17(24)14(23)9-10-21-19(25)26-11-12-5-2-1-3-6-12/h1-8,14,17,23-24H,9-11H2,(H2,20,22)(H,21,25). The number of carbonyl (C=O) groups excluding carboxylic acids is 1. The van der Waals surface area contributed by atoms with Gasteiger partial charge in [0, 0.05) is 12.1 Å². The van der Waals surface area contributed by atoms with E-state index in [0.717, 1.165) is 10.3 Å². The first-order valence-corrected chi connectivity index (χ1v) is 9.32. The molecule has 2 unspecified atom stereocenters. The molecule has 1 heterocycles. The van der Waals surface area contributed by atoms with Crippen LogP contribution in [0.1, 0.15) is 23.7 Å². The molecule has 3 rings (SSSR count). The van der Waals surface area contributed by atoms with Gasteiger partial charge in [-0.25, -0.2) is 9.78 Å². The lowest BCUT2D eigenvalue weighted by atomic mass is 10.0. The monoisotopic (exact) mass is 387 g/mol. The van der Waals surface area contributed by atoms with Gasteiger partial charge in [-0.2, -0.15) is 0 Å². The van der Waals surface area contributed by atoms with E-state index in [2.05, 4.69) is 10.3 Å². The SMILES string of the molecule is Nc1nc2c(C(O)C(O)CCNC(=O)OCc3ccccc3)cccc2s1. The van der Waals surface area contributed by atoms with Crippen molar-refractivity contribution in [2.45, 2.75) is 25.2 Å². The maximum absolute atomic E-state index is 11.7. The number of thiazole rings is 1. The number of aliphatic hydroxyl groups excluding tert-OH is 2. The number of alkyl carbamates (subject to hydrolysis) is 1. The van der Waals surface area contributed by atoms with Gasteiger partial charge in [-0.05, 0) is 18.1 Å². The van der Waals surface area contributed by atoms with Crippen LogP contribution in [0.4, 0.5) is 9.93 Å². The van der Waals surface area contributed by atoms with E-state index in [1.807, 2.05) is 36.4 Å². The molecule has 0 spiro atoms. The van der Waals surface area contributed by atoms with Gasteiger partial charge in [-0.3, -0.25) is 0 Å². The second kappa shape index (κ2) is 8.81. The molecule has 0 aliphatic heterocycles. The van der Waals surface area contributed by atoms with Gasteiger partial charge in [0.25, 0.3) is 0 Å². The fraction of sp³-hybridized carbons (Fsp3) is 0.263. The van der Waals surface area contributed by atoms with Gasteiger partial charge >= 0.3 is 6.09 Å². The predicted molar refractivity (Wildman–Crippen MR) is 104 cm³/mol. The number of rotatable bonds is 7. The van der Waals surface area contributed by atoms with Crippen molar-refractivity contribution in [1.82, 2.24) is 10.3 Å². The number of amides is 1. The average Bonchev–Trinajstić information content (AvgIpc) is 3.06. The van der Waals surface area contributed by atoms with Crippen LogP contribution >= 0.6 is 11.3 Å². The molecule has 5 N–H and O–H groups in total. The molecule has 2 aromatic carbocycles. The lowest BCUT2D eigenvalue weighted by molar-refractivity contribution is 0.0144. The van der Waals surface area contributed by atoms with Gasteiger partial charge in [0.1, 0.15) is 12.7 Å².